The molecule has 3 nitrogen and oxygen atoms in total. The van der Waals surface area contributed by atoms with Crippen LogP contribution in [0, 0.1) is 17.2 Å². The maximum Gasteiger partial charge on any atom is 0.156 e. The molecule has 0 amide bonds. The third-order valence-corrected chi connectivity index (χ3v) is 2.37. The smallest absolute Gasteiger partial charge is 0.156 e. The Hall–Kier alpha value is -0.590. The van der Waals surface area contributed by atoms with Crippen LogP contribution in [0.5, 0.6) is 0 Å². The fraction of sp³-hybridized carbons (Fsp3) is 0.889. The van der Waals surface area contributed by atoms with Crippen LogP contribution in [-0.4, -0.2) is 25.4 Å². The van der Waals surface area contributed by atoms with E-state index in [0.29, 0.717) is 13.2 Å². The van der Waals surface area contributed by atoms with Crippen molar-refractivity contribution in [1.82, 2.24) is 0 Å². The minimum Gasteiger partial charge on any atom is -0.381 e. The Bertz CT molecular complexity index is 181. The summed E-state index contributed by atoms with van der Waals surface area (Å²) in [6.07, 6.45) is 0.935. The lowest BCUT2D eigenvalue weighted by molar-refractivity contribution is -0.0268. The molecule has 0 aromatic carbocycles. The topological polar surface area (TPSA) is 42.2 Å². The number of hydrogen-bond acceptors (Lipinski definition) is 3. The molecule has 2 unspecified atom stereocenters. The molecule has 0 spiro atoms. The predicted octanol–water partition coefficient (Wildman–Crippen LogP) is 1.34. The molecule has 2 atom stereocenters. The van der Waals surface area contributed by atoms with Crippen molar-refractivity contribution < 1.29 is 9.47 Å². The zero-order valence-electron chi connectivity index (χ0n) is 7.67. The van der Waals surface area contributed by atoms with Gasteiger partial charge in [-0.15, -0.1) is 0 Å². The molecule has 0 aliphatic carbocycles. The Balaban J connectivity index is 2.59. The third-order valence-electron chi connectivity index (χ3n) is 2.37. The molecule has 1 heterocycles. The second kappa shape index (κ2) is 3.88. The lowest BCUT2D eigenvalue weighted by atomic mass is 9.90. The van der Waals surface area contributed by atoms with E-state index in [4.69, 9.17) is 14.7 Å². The summed E-state index contributed by atoms with van der Waals surface area (Å²) in [5, 5.41) is 8.95. The average Bonchev–Trinajstić information content (AvgIpc) is 2.57. The molecule has 12 heavy (non-hydrogen) atoms. The fourth-order valence-electron chi connectivity index (χ4n) is 1.51. The minimum atomic E-state index is -0.648. The van der Waals surface area contributed by atoms with Crippen LogP contribution < -0.4 is 0 Å². The van der Waals surface area contributed by atoms with E-state index in [1.807, 2.05) is 13.8 Å². The van der Waals surface area contributed by atoms with Gasteiger partial charge in [-0.3, -0.25) is 0 Å². The van der Waals surface area contributed by atoms with Gasteiger partial charge in [0, 0.05) is 19.1 Å². The molecule has 1 fully saturated rings. The molecule has 0 radical (unpaired) electrons. The van der Waals surface area contributed by atoms with Gasteiger partial charge in [0.1, 0.15) is 0 Å². The van der Waals surface area contributed by atoms with Crippen LogP contribution in [0.25, 0.3) is 0 Å². The average molecular weight is 169 g/mol. The SMILES string of the molecule is CCOC(C)(C#N)C1CCOC1. The second-order valence-electron chi connectivity index (χ2n) is 3.21. The number of hydrogen-bond donors (Lipinski definition) is 0. The standard InChI is InChI=1S/C9H15NO2/c1-3-12-9(2,7-10)8-4-5-11-6-8/h8H,3-6H2,1-2H3. The lowest BCUT2D eigenvalue weighted by Gasteiger charge is -2.26. The Kier molecular flexibility index (Phi) is 3.07. The molecule has 68 valence electrons. The molecule has 0 saturated carbocycles. The van der Waals surface area contributed by atoms with Gasteiger partial charge in [0.05, 0.1) is 12.7 Å². The highest BCUT2D eigenvalue weighted by atomic mass is 16.5. The van der Waals surface area contributed by atoms with Crippen LogP contribution >= 0.6 is 0 Å². The first-order valence-corrected chi connectivity index (χ1v) is 4.36. The van der Waals surface area contributed by atoms with Crippen molar-refractivity contribution in [2.24, 2.45) is 5.92 Å². The highest BCUT2D eigenvalue weighted by Crippen LogP contribution is 2.28. The van der Waals surface area contributed by atoms with Gasteiger partial charge in [0.2, 0.25) is 0 Å². The van der Waals surface area contributed by atoms with Crippen molar-refractivity contribution in [2.75, 3.05) is 19.8 Å². The summed E-state index contributed by atoms with van der Waals surface area (Å²) >= 11 is 0. The second-order valence-corrected chi connectivity index (χ2v) is 3.21. The van der Waals surface area contributed by atoms with Gasteiger partial charge in [-0.1, -0.05) is 0 Å². The Morgan fingerprint density at radius 3 is 2.92 bits per heavy atom. The summed E-state index contributed by atoms with van der Waals surface area (Å²) in [4.78, 5) is 0. The van der Waals surface area contributed by atoms with Gasteiger partial charge in [-0.2, -0.15) is 5.26 Å². The van der Waals surface area contributed by atoms with Crippen molar-refractivity contribution in [2.45, 2.75) is 25.9 Å². The summed E-state index contributed by atoms with van der Waals surface area (Å²) in [6, 6.07) is 2.22. The minimum absolute atomic E-state index is 0.238. The molecule has 0 N–H and O–H groups in total. The fourth-order valence-corrected chi connectivity index (χ4v) is 1.51. The molecule has 0 aromatic heterocycles. The molecular weight excluding hydrogens is 154 g/mol. The highest BCUT2D eigenvalue weighted by Gasteiger charge is 2.37. The van der Waals surface area contributed by atoms with Gasteiger partial charge < -0.3 is 9.47 Å². The van der Waals surface area contributed by atoms with E-state index in [0.717, 1.165) is 13.0 Å². The van der Waals surface area contributed by atoms with Gasteiger partial charge in [0.25, 0.3) is 0 Å². The maximum atomic E-state index is 8.95. The largest absolute Gasteiger partial charge is 0.381 e. The van der Waals surface area contributed by atoms with Crippen LogP contribution in [0.1, 0.15) is 20.3 Å². The summed E-state index contributed by atoms with van der Waals surface area (Å²) in [7, 11) is 0. The molecule has 1 rings (SSSR count). The van der Waals surface area contributed by atoms with Gasteiger partial charge in [-0.05, 0) is 20.3 Å². The van der Waals surface area contributed by atoms with Crippen molar-refractivity contribution in [3.63, 3.8) is 0 Å². The van der Waals surface area contributed by atoms with Crippen LogP contribution in [0.15, 0.2) is 0 Å². The molecule has 0 bridgehead atoms. The number of nitrogens with zero attached hydrogens (tertiary/aromatic N) is 1. The molecule has 0 aromatic rings. The summed E-state index contributed by atoms with van der Waals surface area (Å²) in [5.41, 5.74) is -0.648. The summed E-state index contributed by atoms with van der Waals surface area (Å²) in [6.45, 7) is 5.75. The molecule has 1 saturated heterocycles. The van der Waals surface area contributed by atoms with Crippen LogP contribution in [0.4, 0.5) is 0 Å². The van der Waals surface area contributed by atoms with Crippen molar-refractivity contribution in [3.05, 3.63) is 0 Å². The Morgan fingerprint density at radius 1 is 1.75 bits per heavy atom. The first-order chi connectivity index (χ1) is 5.73. The Morgan fingerprint density at radius 2 is 2.50 bits per heavy atom. The van der Waals surface area contributed by atoms with Crippen molar-refractivity contribution >= 4 is 0 Å². The van der Waals surface area contributed by atoms with Gasteiger partial charge in [0.15, 0.2) is 5.60 Å². The molecular formula is C9H15NO2. The van der Waals surface area contributed by atoms with E-state index in [2.05, 4.69) is 6.07 Å². The van der Waals surface area contributed by atoms with E-state index < -0.39 is 5.60 Å². The van der Waals surface area contributed by atoms with E-state index in [-0.39, 0.29) is 5.92 Å². The van der Waals surface area contributed by atoms with E-state index in [1.165, 1.54) is 0 Å². The van der Waals surface area contributed by atoms with E-state index >= 15 is 0 Å². The predicted molar refractivity (Wildman–Crippen MR) is 44.6 cm³/mol. The monoisotopic (exact) mass is 169 g/mol. The third kappa shape index (κ3) is 1.77. The first-order valence-electron chi connectivity index (χ1n) is 4.36. The maximum absolute atomic E-state index is 8.95. The zero-order valence-corrected chi connectivity index (χ0v) is 7.67. The normalized spacial score (nSPS) is 27.9. The molecule has 3 heteroatoms. The zero-order chi connectivity index (χ0) is 9.03. The first kappa shape index (κ1) is 9.50. The van der Waals surface area contributed by atoms with Gasteiger partial charge in [-0.25, -0.2) is 0 Å². The van der Waals surface area contributed by atoms with Gasteiger partial charge >= 0.3 is 0 Å². The number of rotatable bonds is 3. The Labute approximate surface area is 73.3 Å². The summed E-state index contributed by atoms with van der Waals surface area (Å²) < 4.78 is 10.6. The van der Waals surface area contributed by atoms with Crippen molar-refractivity contribution in [3.8, 4) is 6.07 Å². The molecule has 1 aliphatic heterocycles. The quantitative estimate of drug-likeness (QED) is 0.640. The van der Waals surface area contributed by atoms with E-state index in [9.17, 15) is 0 Å². The molecule has 1 aliphatic rings. The van der Waals surface area contributed by atoms with E-state index in [1.54, 1.807) is 0 Å². The van der Waals surface area contributed by atoms with Crippen LogP contribution in [0.3, 0.4) is 0 Å². The highest BCUT2D eigenvalue weighted by molar-refractivity contribution is 5.03. The van der Waals surface area contributed by atoms with Crippen molar-refractivity contribution in [1.29, 1.82) is 5.26 Å². The number of ether oxygens (including phenoxy) is 2. The van der Waals surface area contributed by atoms with Crippen LogP contribution in [-0.2, 0) is 9.47 Å². The lowest BCUT2D eigenvalue weighted by Crippen LogP contribution is -2.36. The van der Waals surface area contributed by atoms with Crippen LogP contribution in [0.2, 0.25) is 0 Å². The number of nitriles is 1. The summed E-state index contributed by atoms with van der Waals surface area (Å²) in [5.74, 6) is 0.238.